The Bertz CT molecular complexity index is 1560. The van der Waals surface area contributed by atoms with Gasteiger partial charge in [-0.15, -0.1) is 0 Å². The standard InChI is InChI=1S/C24H22N4O4S2/c1-15-7-8-16(2)21(13-15)28-23(30)19-5-3-4-6-20(19)27-24(28)33-14-22(29)26-17-9-11-18(12-10-17)34(25,31)32/h3-13H,14H2,1-2H3,(H,26,29)(H2,25,31,32). The number of primary sulfonamides is 1. The van der Waals surface area contributed by atoms with E-state index >= 15 is 0 Å². The molecule has 0 radical (unpaired) electrons. The number of hydrogen-bond donors (Lipinski definition) is 2. The Balaban J connectivity index is 1.64. The van der Waals surface area contributed by atoms with Gasteiger partial charge in [-0.3, -0.25) is 14.2 Å². The second kappa shape index (κ2) is 9.41. The van der Waals surface area contributed by atoms with E-state index in [1.54, 1.807) is 22.8 Å². The molecule has 4 rings (SSSR count). The molecule has 1 aromatic heterocycles. The molecule has 174 valence electrons. The second-order valence-corrected chi connectivity index (χ2v) is 10.3. The minimum Gasteiger partial charge on any atom is -0.325 e. The summed E-state index contributed by atoms with van der Waals surface area (Å²) in [6, 6.07) is 18.5. The van der Waals surface area contributed by atoms with Crippen molar-refractivity contribution in [3.63, 3.8) is 0 Å². The molecule has 0 unspecified atom stereocenters. The first-order chi connectivity index (χ1) is 16.1. The van der Waals surface area contributed by atoms with Crippen LogP contribution in [0.4, 0.5) is 5.69 Å². The first-order valence-electron chi connectivity index (χ1n) is 10.3. The number of fused-ring (bicyclic) bond motifs is 1. The normalized spacial score (nSPS) is 11.5. The van der Waals surface area contributed by atoms with Crippen molar-refractivity contribution in [1.29, 1.82) is 0 Å². The van der Waals surface area contributed by atoms with Gasteiger partial charge in [0.1, 0.15) is 0 Å². The van der Waals surface area contributed by atoms with E-state index in [1.807, 2.05) is 38.1 Å². The summed E-state index contributed by atoms with van der Waals surface area (Å²) in [5.74, 6) is -0.338. The number of sulfonamides is 1. The van der Waals surface area contributed by atoms with Gasteiger partial charge in [-0.25, -0.2) is 18.5 Å². The maximum absolute atomic E-state index is 13.4. The van der Waals surface area contributed by atoms with Crippen LogP contribution < -0.4 is 16.0 Å². The molecular weight excluding hydrogens is 472 g/mol. The van der Waals surface area contributed by atoms with E-state index in [4.69, 9.17) is 5.14 Å². The van der Waals surface area contributed by atoms with Crippen molar-refractivity contribution < 1.29 is 13.2 Å². The number of aromatic nitrogens is 2. The molecule has 0 saturated heterocycles. The quantitative estimate of drug-likeness (QED) is 0.313. The second-order valence-electron chi connectivity index (χ2n) is 7.75. The highest BCUT2D eigenvalue weighted by Gasteiger charge is 2.16. The summed E-state index contributed by atoms with van der Waals surface area (Å²) in [5.41, 5.74) is 3.39. The molecule has 3 N–H and O–H groups in total. The van der Waals surface area contributed by atoms with Gasteiger partial charge < -0.3 is 5.32 Å². The molecule has 8 nitrogen and oxygen atoms in total. The molecule has 0 aliphatic heterocycles. The van der Waals surface area contributed by atoms with Crippen LogP contribution in [-0.4, -0.2) is 29.6 Å². The molecule has 0 spiro atoms. The third kappa shape index (κ3) is 5.04. The van der Waals surface area contributed by atoms with Crippen LogP contribution in [-0.2, 0) is 14.8 Å². The summed E-state index contributed by atoms with van der Waals surface area (Å²) in [7, 11) is -3.81. The number of nitrogens with one attached hydrogen (secondary N) is 1. The van der Waals surface area contributed by atoms with Crippen molar-refractivity contribution >= 4 is 44.3 Å². The minimum absolute atomic E-state index is 0.00736. The summed E-state index contributed by atoms with van der Waals surface area (Å²) >= 11 is 1.14. The Morgan fingerprint density at radius 3 is 2.47 bits per heavy atom. The highest BCUT2D eigenvalue weighted by molar-refractivity contribution is 7.99. The van der Waals surface area contributed by atoms with E-state index in [-0.39, 0.29) is 22.1 Å². The minimum atomic E-state index is -3.81. The zero-order valence-corrected chi connectivity index (χ0v) is 20.1. The fourth-order valence-electron chi connectivity index (χ4n) is 3.44. The lowest BCUT2D eigenvalue weighted by Gasteiger charge is -2.16. The number of rotatable bonds is 6. The zero-order chi connectivity index (χ0) is 24.5. The van der Waals surface area contributed by atoms with Gasteiger partial charge in [0.25, 0.3) is 5.56 Å². The van der Waals surface area contributed by atoms with Crippen LogP contribution in [0, 0.1) is 13.8 Å². The molecule has 0 fully saturated rings. The van der Waals surface area contributed by atoms with E-state index in [2.05, 4.69) is 10.3 Å². The first kappa shape index (κ1) is 23.7. The third-order valence-electron chi connectivity index (χ3n) is 5.15. The predicted octanol–water partition coefficient (Wildman–Crippen LogP) is 3.38. The number of hydrogen-bond acceptors (Lipinski definition) is 6. The van der Waals surface area contributed by atoms with Gasteiger partial charge in [-0.05, 0) is 67.4 Å². The molecule has 0 bridgehead atoms. The molecule has 3 aromatic carbocycles. The summed E-state index contributed by atoms with van der Waals surface area (Å²) in [6.07, 6.45) is 0. The van der Waals surface area contributed by atoms with Crippen LogP contribution in [0.25, 0.3) is 16.6 Å². The van der Waals surface area contributed by atoms with Crippen LogP contribution in [0.3, 0.4) is 0 Å². The fraction of sp³-hybridized carbons (Fsp3) is 0.125. The molecule has 0 aliphatic carbocycles. The lowest BCUT2D eigenvalue weighted by atomic mass is 10.1. The number of aryl methyl sites for hydroxylation is 2. The van der Waals surface area contributed by atoms with Gasteiger partial charge in [0.2, 0.25) is 15.9 Å². The number of thioether (sulfide) groups is 1. The van der Waals surface area contributed by atoms with Crippen molar-refractivity contribution in [2.45, 2.75) is 23.9 Å². The van der Waals surface area contributed by atoms with Crippen LogP contribution in [0.5, 0.6) is 0 Å². The van der Waals surface area contributed by atoms with E-state index < -0.39 is 10.0 Å². The van der Waals surface area contributed by atoms with Gasteiger partial charge in [-0.1, -0.05) is 36.0 Å². The molecule has 1 amide bonds. The van der Waals surface area contributed by atoms with Crippen molar-refractivity contribution in [3.8, 4) is 5.69 Å². The highest BCUT2D eigenvalue weighted by atomic mass is 32.2. The first-order valence-corrected chi connectivity index (χ1v) is 12.8. The number of carbonyl (C=O) groups is 1. The SMILES string of the molecule is Cc1ccc(C)c(-n2c(SCC(=O)Nc3ccc(S(N)(=O)=O)cc3)nc3ccccc3c2=O)c1. The molecule has 0 atom stereocenters. The number of nitrogens with two attached hydrogens (primary N) is 1. The Hall–Kier alpha value is -3.47. The fourth-order valence-corrected chi connectivity index (χ4v) is 4.76. The van der Waals surface area contributed by atoms with Crippen LogP contribution in [0.2, 0.25) is 0 Å². The third-order valence-corrected chi connectivity index (χ3v) is 7.02. The zero-order valence-electron chi connectivity index (χ0n) is 18.5. The molecule has 1 heterocycles. The van der Waals surface area contributed by atoms with Crippen molar-refractivity contribution in [2.75, 3.05) is 11.1 Å². The number of anilines is 1. The number of carbonyl (C=O) groups excluding carboxylic acids is 1. The average molecular weight is 495 g/mol. The molecule has 4 aromatic rings. The number of benzene rings is 3. The largest absolute Gasteiger partial charge is 0.325 e. The number of nitrogens with zero attached hydrogens (tertiary/aromatic N) is 2. The summed E-state index contributed by atoms with van der Waals surface area (Å²) < 4.78 is 24.3. The van der Waals surface area contributed by atoms with Gasteiger partial charge in [0, 0.05) is 5.69 Å². The number of amides is 1. The van der Waals surface area contributed by atoms with E-state index in [0.29, 0.717) is 27.4 Å². The predicted molar refractivity (Wildman–Crippen MR) is 134 cm³/mol. The Kier molecular flexibility index (Phi) is 6.56. The summed E-state index contributed by atoms with van der Waals surface area (Å²) in [4.78, 5) is 30.6. The molecule has 0 aliphatic rings. The monoisotopic (exact) mass is 494 g/mol. The molecule has 0 saturated carbocycles. The van der Waals surface area contributed by atoms with E-state index in [0.717, 1.165) is 22.9 Å². The molecule has 34 heavy (non-hydrogen) atoms. The maximum atomic E-state index is 13.4. The Labute approximate surface area is 200 Å². The molecule has 10 heteroatoms. The maximum Gasteiger partial charge on any atom is 0.266 e. The summed E-state index contributed by atoms with van der Waals surface area (Å²) in [5, 5.41) is 8.71. The van der Waals surface area contributed by atoms with Crippen LogP contribution in [0.1, 0.15) is 11.1 Å². The highest BCUT2D eigenvalue weighted by Crippen LogP contribution is 2.24. The van der Waals surface area contributed by atoms with E-state index in [9.17, 15) is 18.0 Å². The van der Waals surface area contributed by atoms with Crippen LogP contribution >= 0.6 is 11.8 Å². The lowest BCUT2D eigenvalue weighted by molar-refractivity contribution is -0.113. The Morgan fingerprint density at radius 1 is 1.06 bits per heavy atom. The van der Waals surface area contributed by atoms with Crippen molar-refractivity contribution in [1.82, 2.24) is 9.55 Å². The lowest BCUT2D eigenvalue weighted by Crippen LogP contribution is -2.23. The number of para-hydroxylation sites is 1. The van der Waals surface area contributed by atoms with Gasteiger partial charge in [0.05, 0.1) is 27.2 Å². The topological polar surface area (TPSA) is 124 Å². The van der Waals surface area contributed by atoms with Gasteiger partial charge in [-0.2, -0.15) is 0 Å². The average Bonchev–Trinajstić information content (AvgIpc) is 2.79. The van der Waals surface area contributed by atoms with Crippen molar-refractivity contribution in [2.24, 2.45) is 5.14 Å². The van der Waals surface area contributed by atoms with Crippen molar-refractivity contribution in [3.05, 3.63) is 88.2 Å². The summed E-state index contributed by atoms with van der Waals surface area (Å²) in [6.45, 7) is 3.87. The molecular formula is C24H22N4O4S2. The van der Waals surface area contributed by atoms with E-state index in [1.165, 1.54) is 24.3 Å². The van der Waals surface area contributed by atoms with Crippen LogP contribution in [0.15, 0.2) is 81.6 Å². The van der Waals surface area contributed by atoms with Gasteiger partial charge in [0.15, 0.2) is 5.16 Å². The Morgan fingerprint density at radius 2 is 1.76 bits per heavy atom. The van der Waals surface area contributed by atoms with Gasteiger partial charge >= 0.3 is 0 Å². The smallest absolute Gasteiger partial charge is 0.266 e.